The van der Waals surface area contributed by atoms with Crippen molar-refractivity contribution >= 4 is 33.2 Å². The van der Waals surface area contributed by atoms with Crippen molar-refractivity contribution < 1.29 is 22.4 Å². The number of benzene rings is 2. The van der Waals surface area contributed by atoms with E-state index in [1.807, 2.05) is 0 Å². The number of rotatable bonds is 5. The van der Waals surface area contributed by atoms with Crippen LogP contribution in [0, 0.1) is 5.82 Å². The summed E-state index contributed by atoms with van der Waals surface area (Å²) in [5, 5.41) is 0.751. The molecule has 0 aliphatic carbocycles. The van der Waals surface area contributed by atoms with Crippen molar-refractivity contribution in [2.75, 3.05) is 18.9 Å². The van der Waals surface area contributed by atoms with Crippen molar-refractivity contribution in [1.29, 1.82) is 0 Å². The van der Waals surface area contributed by atoms with E-state index in [1.165, 1.54) is 38.4 Å². The van der Waals surface area contributed by atoms with Crippen molar-refractivity contribution in [1.82, 2.24) is 5.06 Å². The molecule has 0 spiro atoms. The summed E-state index contributed by atoms with van der Waals surface area (Å²) in [4.78, 5) is 16.5. The number of amides is 1. The molecule has 1 N–H and O–H groups in total. The molecule has 0 unspecified atom stereocenters. The summed E-state index contributed by atoms with van der Waals surface area (Å²) in [6.07, 6.45) is 0. The van der Waals surface area contributed by atoms with Gasteiger partial charge in [0.05, 0.1) is 17.0 Å². The molecule has 2 rings (SSSR count). The van der Waals surface area contributed by atoms with Gasteiger partial charge in [-0.2, -0.15) is 0 Å². The van der Waals surface area contributed by atoms with Gasteiger partial charge in [-0.05, 0) is 42.5 Å². The third-order valence-corrected chi connectivity index (χ3v) is 4.81. The predicted octanol–water partition coefficient (Wildman–Crippen LogP) is 2.91. The molecule has 0 atom stereocenters. The summed E-state index contributed by atoms with van der Waals surface area (Å²) in [7, 11) is -1.12. The van der Waals surface area contributed by atoms with Crippen LogP contribution in [0.4, 0.5) is 10.1 Å². The van der Waals surface area contributed by atoms with Crippen LogP contribution in [0.25, 0.3) is 0 Å². The molecule has 0 heterocycles. The molecule has 9 heteroatoms. The first-order valence-corrected chi connectivity index (χ1v) is 8.51. The molecular formula is C15H14ClFN2O4S. The van der Waals surface area contributed by atoms with Crippen LogP contribution in [0.1, 0.15) is 10.4 Å². The first-order chi connectivity index (χ1) is 11.2. The van der Waals surface area contributed by atoms with E-state index in [1.54, 1.807) is 0 Å². The zero-order chi connectivity index (χ0) is 17.9. The Morgan fingerprint density at radius 2 is 1.83 bits per heavy atom. The number of sulfonamides is 1. The lowest BCUT2D eigenvalue weighted by Crippen LogP contribution is -2.25. The van der Waals surface area contributed by atoms with Gasteiger partial charge in [0.25, 0.3) is 15.9 Å². The number of carbonyl (C=O) groups excluding carboxylic acids is 1. The molecule has 0 aliphatic heterocycles. The Labute approximate surface area is 143 Å². The minimum absolute atomic E-state index is 0.173. The highest BCUT2D eigenvalue weighted by Gasteiger charge is 2.17. The van der Waals surface area contributed by atoms with Gasteiger partial charge in [-0.15, -0.1) is 0 Å². The summed E-state index contributed by atoms with van der Waals surface area (Å²) in [5.41, 5.74) is 0.569. The minimum atomic E-state index is -3.93. The lowest BCUT2D eigenvalue weighted by molar-refractivity contribution is -0.0756. The lowest BCUT2D eigenvalue weighted by Gasteiger charge is -2.14. The van der Waals surface area contributed by atoms with Crippen LogP contribution in [0.5, 0.6) is 0 Å². The van der Waals surface area contributed by atoms with Crippen molar-refractivity contribution in [3.05, 3.63) is 58.9 Å². The van der Waals surface area contributed by atoms with E-state index in [2.05, 4.69) is 4.72 Å². The quantitative estimate of drug-likeness (QED) is 0.819. The van der Waals surface area contributed by atoms with Crippen molar-refractivity contribution in [3.8, 4) is 0 Å². The largest absolute Gasteiger partial charge is 0.280 e. The summed E-state index contributed by atoms with van der Waals surface area (Å²) >= 11 is 5.60. The summed E-state index contributed by atoms with van der Waals surface area (Å²) in [6, 6.07) is 8.86. The molecule has 1 amide bonds. The van der Waals surface area contributed by atoms with Gasteiger partial charge in [0, 0.05) is 18.3 Å². The SMILES string of the molecule is CON(C)C(=O)c1ccc(NS(=O)(=O)c2ccc(F)c(Cl)c2)cc1. The smallest absolute Gasteiger partial charge is 0.277 e. The van der Waals surface area contributed by atoms with E-state index in [-0.39, 0.29) is 21.5 Å². The number of hydrogen-bond acceptors (Lipinski definition) is 4. The molecule has 6 nitrogen and oxygen atoms in total. The maximum atomic E-state index is 13.1. The van der Waals surface area contributed by atoms with Gasteiger partial charge < -0.3 is 0 Å². The van der Waals surface area contributed by atoms with Crippen molar-refractivity contribution in [2.45, 2.75) is 4.90 Å². The molecule has 128 valence electrons. The second-order valence-corrected chi connectivity index (χ2v) is 6.83. The van der Waals surface area contributed by atoms with Crippen LogP contribution in [-0.4, -0.2) is 33.5 Å². The standard InChI is InChI=1S/C15H14ClFN2O4S/c1-19(23-2)15(20)10-3-5-11(6-4-10)18-24(21,22)12-7-8-14(17)13(16)9-12/h3-9,18H,1-2H3. The van der Waals surface area contributed by atoms with Crippen molar-refractivity contribution in [2.24, 2.45) is 0 Å². The van der Waals surface area contributed by atoms with E-state index < -0.39 is 15.8 Å². The highest BCUT2D eigenvalue weighted by Crippen LogP contribution is 2.22. The van der Waals surface area contributed by atoms with E-state index in [9.17, 15) is 17.6 Å². The van der Waals surface area contributed by atoms with E-state index in [0.717, 1.165) is 23.3 Å². The molecule has 0 saturated heterocycles. The van der Waals surface area contributed by atoms with Crippen LogP contribution in [0.2, 0.25) is 5.02 Å². The maximum Gasteiger partial charge on any atom is 0.277 e. The van der Waals surface area contributed by atoms with Crippen LogP contribution in [0.3, 0.4) is 0 Å². The van der Waals surface area contributed by atoms with Crippen LogP contribution >= 0.6 is 11.6 Å². The first-order valence-electron chi connectivity index (χ1n) is 6.64. The predicted molar refractivity (Wildman–Crippen MR) is 87.8 cm³/mol. The molecular weight excluding hydrogens is 359 g/mol. The maximum absolute atomic E-state index is 13.1. The topological polar surface area (TPSA) is 75.7 Å². The fourth-order valence-electron chi connectivity index (χ4n) is 1.80. The monoisotopic (exact) mass is 372 g/mol. The molecule has 2 aromatic carbocycles. The second kappa shape index (κ2) is 7.16. The Hall–Kier alpha value is -2.16. The Morgan fingerprint density at radius 1 is 1.21 bits per heavy atom. The van der Waals surface area contributed by atoms with Gasteiger partial charge in [0.1, 0.15) is 5.82 Å². The minimum Gasteiger partial charge on any atom is -0.280 e. The lowest BCUT2D eigenvalue weighted by atomic mass is 10.2. The molecule has 2 aromatic rings. The average Bonchev–Trinajstić information content (AvgIpc) is 2.56. The number of hydroxylamine groups is 2. The first kappa shape index (κ1) is 18.2. The third kappa shape index (κ3) is 4.02. The fourth-order valence-corrected chi connectivity index (χ4v) is 3.13. The third-order valence-electron chi connectivity index (χ3n) is 3.15. The molecule has 0 radical (unpaired) electrons. The van der Waals surface area contributed by atoms with Gasteiger partial charge in [0.2, 0.25) is 0 Å². The Kier molecular flexibility index (Phi) is 5.43. The summed E-state index contributed by atoms with van der Waals surface area (Å²) in [6.45, 7) is 0. The van der Waals surface area contributed by atoms with Crippen LogP contribution in [-0.2, 0) is 14.9 Å². The Bertz CT molecular complexity index is 856. The highest BCUT2D eigenvalue weighted by molar-refractivity contribution is 7.92. The molecule has 0 bridgehead atoms. The number of halogens is 2. The van der Waals surface area contributed by atoms with Gasteiger partial charge in [-0.1, -0.05) is 11.6 Å². The number of hydrogen-bond donors (Lipinski definition) is 1. The zero-order valence-corrected chi connectivity index (χ0v) is 14.4. The molecule has 0 saturated carbocycles. The van der Waals surface area contributed by atoms with E-state index in [4.69, 9.17) is 16.4 Å². The van der Waals surface area contributed by atoms with Gasteiger partial charge in [0.15, 0.2) is 0 Å². The number of carbonyl (C=O) groups is 1. The molecule has 0 fully saturated rings. The van der Waals surface area contributed by atoms with E-state index >= 15 is 0 Å². The number of nitrogens with zero attached hydrogens (tertiary/aromatic N) is 1. The number of anilines is 1. The van der Waals surface area contributed by atoms with Gasteiger partial charge in [-0.25, -0.2) is 17.9 Å². The highest BCUT2D eigenvalue weighted by atomic mass is 35.5. The number of nitrogens with one attached hydrogen (secondary N) is 1. The zero-order valence-electron chi connectivity index (χ0n) is 12.8. The van der Waals surface area contributed by atoms with Crippen LogP contribution < -0.4 is 4.72 Å². The van der Waals surface area contributed by atoms with Gasteiger partial charge >= 0.3 is 0 Å². The van der Waals surface area contributed by atoms with Crippen LogP contribution in [0.15, 0.2) is 47.4 Å². The second-order valence-electron chi connectivity index (χ2n) is 4.74. The fraction of sp³-hybridized carbons (Fsp3) is 0.133. The Morgan fingerprint density at radius 3 is 2.38 bits per heavy atom. The molecule has 0 aliphatic rings. The Balaban J connectivity index is 2.21. The molecule has 0 aromatic heterocycles. The molecule has 24 heavy (non-hydrogen) atoms. The van der Waals surface area contributed by atoms with E-state index in [0.29, 0.717) is 5.56 Å². The average molecular weight is 373 g/mol. The normalized spacial score (nSPS) is 11.2. The van der Waals surface area contributed by atoms with Crippen molar-refractivity contribution in [3.63, 3.8) is 0 Å². The van der Waals surface area contributed by atoms with Gasteiger partial charge in [-0.3, -0.25) is 14.4 Å². The summed E-state index contributed by atoms with van der Waals surface area (Å²) < 4.78 is 40.0. The summed E-state index contributed by atoms with van der Waals surface area (Å²) in [5.74, 6) is -1.09.